The zero-order chi connectivity index (χ0) is 18.5. The second kappa shape index (κ2) is 6.47. The normalized spacial score (nSPS) is 21.1. The summed E-state index contributed by atoms with van der Waals surface area (Å²) < 4.78 is 0. The van der Waals surface area contributed by atoms with Crippen LogP contribution in [0.15, 0.2) is 30.6 Å². The zero-order valence-electron chi connectivity index (χ0n) is 16.5. The number of likely N-dealkylation sites (tertiary alicyclic amines) is 1. The van der Waals surface area contributed by atoms with Gasteiger partial charge in [-0.15, -0.1) is 0 Å². The number of aryl methyl sites for hydroxylation is 1. The lowest BCUT2D eigenvalue weighted by Gasteiger charge is -2.31. The van der Waals surface area contributed by atoms with Crippen LogP contribution in [0.1, 0.15) is 41.1 Å². The molecule has 1 aromatic carbocycles. The molecular formula is C23H28N4. The number of aromatic nitrogens is 2. The molecule has 2 aromatic heterocycles. The van der Waals surface area contributed by atoms with Gasteiger partial charge in [-0.25, -0.2) is 4.98 Å². The summed E-state index contributed by atoms with van der Waals surface area (Å²) in [4.78, 5) is 12.9. The zero-order valence-corrected chi connectivity index (χ0v) is 16.5. The molecule has 1 N–H and O–H groups in total. The van der Waals surface area contributed by atoms with Crippen molar-refractivity contribution < 1.29 is 0 Å². The van der Waals surface area contributed by atoms with Gasteiger partial charge in [0.1, 0.15) is 5.65 Å². The number of benzene rings is 1. The Labute approximate surface area is 161 Å². The number of hydrogen-bond acceptors (Lipinski definition) is 3. The summed E-state index contributed by atoms with van der Waals surface area (Å²) in [7, 11) is 4.52. The minimum Gasteiger partial charge on any atom is -0.346 e. The van der Waals surface area contributed by atoms with E-state index in [-0.39, 0.29) is 0 Å². The van der Waals surface area contributed by atoms with Crippen molar-refractivity contribution in [3.05, 3.63) is 52.8 Å². The van der Waals surface area contributed by atoms with Crippen molar-refractivity contribution in [3.63, 3.8) is 0 Å². The number of fused-ring (bicyclic) bond motifs is 2. The van der Waals surface area contributed by atoms with Gasteiger partial charge in [-0.1, -0.05) is 6.07 Å². The van der Waals surface area contributed by atoms with Crippen molar-refractivity contribution in [1.82, 2.24) is 19.8 Å². The first kappa shape index (κ1) is 17.0. The maximum Gasteiger partial charge on any atom is 0.137 e. The fraction of sp³-hybridized carbons (Fsp3) is 0.435. The molecule has 0 spiro atoms. The maximum atomic E-state index is 4.67. The van der Waals surface area contributed by atoms with Crippen LogP contribution in [0.25, 0.3) is 22.2 Å². The van der Waals surface area contributed by atoms with E-state index < -0.39 is 0 Å². The Balaban J connectivity index is 1.67. The molecule has 2 aliphatic heterocycles. The van der Waals surface area contributed by atoms with Gasteiger partial charge in [0.15, 0.2) is 0 Å². The first-order valence-corrected chi connectivity index (χ1v) is 10.1. The van der Waals surface area contributed by atoms with Crippen molar-refractivity contribution in [2.75, 3.05) is 27.2 Å². The molecule has 1 atom stereocenters. The molecule has 0 aliphatic carbocycles. The average Bonchev–Trinajstić information content (AvgIpc) is 3.26. The lowest BCUT2D eigenvalue weighted by Crippen LogP contribution is -2.29. The van der Waals surface area contributed by atoms with Gasteiger partial charge in [0.25, 0.3) is 0 Å². The molecule has 0 bridgehead atoms. The number of pyridine rings is 1. The first-order valence-electron chi connectivity index (χ1n) is 10.1. The molecule has 3 aromatic rings. The maximum absolute atomic E-state index is 4.67. The molecule has 0 radical (unpaired) electrons. The van der Waals surface area contributed by atoms with E-state index in [1.54, 1.807) is 11.1 Å². The third kappa shape index (κ3) is 2.88. The summed E-state index contributed by atoms with van der Waals surface area (Å²) in [5, 5.41) is 1.23. The molecule has 2 aliphatic rings. The van der Waals surface area contributed by atoms with Crippen molar-refractivity contribution in [2.24, 2.45) is 0 Å². The van der Waals surface area contributed by atoms with Gasteiger partial charge in [-0.05, 0) is 86.8 Å². The van der Waals surface area contributed by atoms with Crippen LogP contribution in [0.5, 0.6) is 0 Å². The monoisotopic (exact) mass is 360 g/mol. The average molecular weight is 361 g/mol. The third-order valence-electron chi connectivity index (χ3n) is 6.52. The summed E-state index contributed by atoms with van der Waals surface area (Å²) in [6.07, 6.45) is 7.78. The topological polar surface area (TPSA) is 35.2 Å². The summed E-state index contributed by atoms with van der Waals surface area (Å²) in [6.45, 7) is 5.57. The number of rotatable bonds is 2. The van der Waals surface area contributed by atoms with Crippen LogP contribution in [0, 0.1) is 6.92 Å². The Hall–Kier alpha value is -2.17. The molecular weight excluding hydrogens is 332 g/mol. The van der Waals surface area contributed by atoms with E-state index in [1.807, 2.05) is 12.4 Å². The first-order chi connectivity index (χ1) is 13.1. The van der Waals surface area contributed by atoms with Crippen LogP contribution in [0.2, 0.25) is 0 Å². The Kier molecular flexibility index (Phi) is 4.06. The molecule has 4 nitrogen and oxygen atoms in total. The van der Waals surface area contributed by atoms with Crippen LogP contribution in [0.4, 0.5) is 0 Å². The summed E-state index contributed by atoms with van der Waals surface area (Å²) in [5.74, 6) is 0. The second-order valence-electron chi connectivity index (χ2n) is 8.42. The van der Waals surface area contributed by atoms with Crippen LogP contribution in [-0.2, 0) is 13.0 Å². The van der Waals surface area contributed by atoms with Crippen LogP contribution in [-0.4, -0.2) is 47.0 Å². The van der Waals surface area contributed by atoms with Crippen molar-refractivity contribution in [1.29, 1.82) is 0 Å². The van der Waals surface area contributed by atoms with Gasteiger partial charge in [-0.2, -0.15) is 0 Å². The minimum atomic E-state index is 0.552. The van der Waals surface area contributed by atoms with Crippen molar-refractivity contribution in [2.45, 2.75) is 38.8 Å². The predicted molar refractivity (Wildman–Crippen MR) is 111 cm³/mol. The highest BCUT2D eigenvalue weighted by molar-refractivity contribution is 5.84. The van der Waals surface area contributed by atoms with E-state index in [4.69, 9.17) is 0 Å². The smallest absolute Gasteiger partial charge is 0.137 e. The number of aromatic amines is 1. The van der Waals surface area contributed by atoms with Gasteiger partial charge >= 0.3 is 0 Å². The van der Waals surface area contributed by atoms with Gasteiger partial charge in [0.2, 0.25) is 0 Å². The quantitative estimate of drug-likeness (QED) is 0.740. The third-order valence-corrected chi connectivity index (χ3v) is 6.52. The lowest BCUT2D eigenvalue weighted by atomic mass is 9.87. The number of nitrogens with zero attached hydrogens (tertiary/aromatic N) is 3. The molecule has 4 heteroatoms. The Bertz CT molecular complexity index is 1000. The molecule has 5 rings (SSSR count). The van der Waals surface area contributed by atoms with Crippen LogP contribution < -0.4 is 0 Å². The van der Waals surface area contributed by atoms with Gasteiger partial charge in [0.05, 0.1) is 0 Å². The van der Waals surface area contributed by atoms with E-state index in [0.29, 0.717) is 6.04 Å². The van der Waals surface area contributed by atoms with E-state index in [0.717, 1.165) is 25.2 Å². The number of nitrogens with one attached hydrogen (secondary N) is 1. The molecule has 4 heterocycles. The number of likely N-dealkylation sites (N-methyl/N-ethyl adjacent to an activating group) is 1. The van der Waals surface area contributed by atoms with Crippen molar-refractivity contribution in [3.8, 4) is 11.1 Å². The molecule has 1 saturated heterocycles. The van der Waals surface area contributed by atoms with E-state index in [2.05, 4.69) is 59.0 Å². The summed E-state index contributed by atoms with van der Waals surface area (Å²) in [6, 6.07) is 7.73. The molecule has 1 fully saturated rings. The largest absolute Gasteiger partial charge is 0.346 e. The SMILES string of the molecule is Cc1c[nH]c2ncc(-c3cc4c(c(C5CCCN5C)c3)CN(C)CC4)cc12. The van der Waals surface area contributed by atoms with E-state index in [9.17, 15) is 0 Å². The Morgan fingerprint density at radius 2 is 2.00 bits per heavy atom. The fourth-order valence-electron chi connectivity index (χ4n) is 4.89. The second-order valence-corrected chi connectivity index (χ2v) is 8.42. The fourth-order valence-corrected chi connectivity index (χ4v) is 4.89. The standard InChI is InChI=1S/C23H28N4/c1-15-12-24-23-19(15)11-18(13-25-23)17-9-16-6-8-26(2)14-21(16)20(10-17)22-5-4-7-27(22)3/h9-13,22H,4-8,14H2,1-3H3,(H,24,25). The van der Waals surface area contributed by atoms with E-state index in [1.165, 1.54) is 47.0 Å². The lowest BCUT2D eigenvalue weighted by molar-refractivity contribution is 0.292. The molecule has 0 saturated carbocycles. The highest BCUT2D eigenvalue weighted by Gasteiger charge is 2.28. The minimum absolute atomic E-state index is 0.552. The number of H-pyrrole nitrogens is 1. The van der Waals surface area contributed by atoms with Crippen molar-refractivity contribution >= 4 is 11.0 Å². The predicted octanol–water partition coefficient (Wildman–Crippen LogP) is 4.29. The molecule has 140 valence electrons. The summed E-state index contributed by atoms with van der Waals surface area (Å²) >= 11 is 0. The molecule has 0 amide bonds. The van der Waals surface area contributed by atoms with Crippen LogP contribution in [0.3, 0.4) is 0 Å². The number of hydrogen-bond donors (Lipinski definition) is 1. The summed E-state index contributed by atoms with van der Waals surface area (Å²) in [5.41, 5.74) is 9.43. The van der Waals surface area contributed by atoms with Crippen LogP contribution >= 0.6 is 0 Å². The highest BCUT2D eigenvalue weighted by atomic mass is 15.1. The highest BCUT2D eigenvalue weighted by Crippen LogP contribution is 2.38. The van der Waals surface area contributed by atoms with Gasteiger partial charge in [0, 0.05) is 42.5 Å². The Morgan fingerprint density at radius 1 is 1.11 bits per heavy atom. The Morgan fingerprint density at radius 3 is 2.81 bits per heavy atom. The van der Waals surface area contributed by atoms with Gasteiger partial charge in [-0.3, -0.25) is 4.90 Å². The molecule has 27 heavy (non-hydrogen) atoms. The van der Waals surface area contributed by atoms with E-state index >= 15 is 0 Å². The van der Waals surface area contributed by atoms with Gasteiger partial charge < -0.3 is 9.88 Å². The molecule has 1 unspecified atom stereocenters.